The highest BCUT2D eigenvalue weighted by molar-refractivity contribution is 6.30. The molecule has 1 atom stereocenters. The molecular weight excluding hydrogens is 454 g/mol. The van der Waals surface area contributed by atoms with E-state index in [0.29, 0.717) is 23.2 Å². The van der Waals surface area contributed by atoms with E-state index in [4.69, 9.17) is 21.7 Å². The molecule has 4 aromatic rings. The van der Waals surface area contributed by atoms with Gasteiger partial charge in [-0.05, 0) is 42.5 Å². The van der Waals surface area contributed by atoms with Gasteiger partial charge in [0.05, 0.1) is 19.2 Å². The van der Waals surface area contributed by atoms with Gasteiger partial charge in [-0.2, -0.15) is 9.78 Å². The third-order valence-electron chi connectivity index (χ3n) is 5.82. The molecule has 1 unspecified atom stereocenters. The molecule has 2 N–H and O–H groups in total. The number of H-pyrrole nitrogens is 1. The second kappa shape index (κ2) is 8.79. The molecule has 0 radical (unpaired) electrons. The summed E-state index contributed by atoms with van der Waals surface area (Å²) in [6, 6.07) is 13.0. The number of aromatic nitrogens is 7. The summed E-state index contributed by atoms with van der Waals surface area (Å²) in [6.07, 6.45) is 0.174. The van der Waals surface area contributed by atoms with Crippen LogP contribution in [0, 0.1) is 6.92 Å². The highest BCUT2D eigenvalue weighted by atomic mass is 35.5. The Bertz CT molecular complexity index is 1390. The monoisotopic (exact) mass is 476 g/mol. The lowest BCUT2D eigenvalue weighted by atomic mass is 9.98. The summed E-state index contributed by atoms with van der Waals surface area (Å²) in [5.74, 6) is 2.01. The Balaban J connectivity index is 1.77. The number of aromatic amines is 1. The number of nitrogens with one attached hydrogen (secondary N) is 2. The molecule has 0 saturated heterocycles. The second-order valence-corrected chi connectivity index (χ2v) is 8.43. The first-order chi connectivity index (χ1) is 16.5. The summed E-state index contributed by atoms with van der Waals surface area (Å²) < 4.78 is 3.87. The maximum atomic E-state index is 12.6. The van der Waals surface area contributed by atoms with Crippen molar-refractivity contribution in [3.05, 3.63) is 70.3 Å². The number of rotatable bonds is 5. The largest absolute Gasteiger partial charge is 0.356 e. The van der Waals surface area contributed by atoms with Gasteiger partial charge in [0.2, 0.25) is 17.6 Å². The van der Waals surface area contributed by atoms with Gasteiger partial charge in [0.15, 0.2) is 6.04 Å². The van der Waals surface area contributed by atoms with Crippen LogP contribution in [0.2, 0.25) is 5.02 Å². The van der Waals surface area contributed by atoms with Crippen LogP contribution in [0.1, 0.15) is 42.2 Å². The summed E-state index contributed by atoms with van der Waals surface area (Å²) in [4.78, 5) is 17.7. The quantitative estimate of drug-likeness (QED) is 0.428. The van der Waals surface area contributed by atoms with Gasteiger partial charge in [0, 0.05) is 40.3 Å². The number of amides is 1. The van der Waals surface area contributed by atoms with Gasteiger partial charge in [-0.1, -0.05) is 23.7 Å². The fraction of sp³-hybridized carbons (Fsp3) is 0.261. The van der Waals surface area contributed by atoms with Crippen LogP contribution in [0.3, 0.4) is 0 Å². The Labute approximate surface area is 200 Å². The van der Waals surface area contributed by atoms with Gasteiger partial charge in [-0.15, -0.1) is 14.9 Å². The van der Waals surface area contributed by atoms with Gasteiger partial charge in [-0.25, -0.2) is 0 Å². The van der Waals surface area contributed by atoms with E-state index in [1.807, 2.05) is 63.4 Å². The van der Waals surface area contributed by atoms with Crippen molar-refractivity contribution in [2.45, 2.75) is 26.3 Å². The normalized spacial score (nSPS) is 14.7. The topological polar surface area (TPSA) is 118 Å². The van der Waals surface area contributed by atoms with Crippen molar-refractivity contribution in [3.63, 3.8) is 0 Å². The van der Waals surface area contributed by atoms with E-state index >= 15 is 0 Å². The third-order valence-corrected chi connectivity index (χ3v) is 6.07. The van der Waals surface area contributed by atoms with E-state index in [1.54, 1.807) is 4.68 Å². The lowest BCUT2D eigenvalue weighted by Gasteiger charge is -2.12. The molecule has 1 aliphatic rings. The molecule has 0 fully saturated rings. The number of aryl methyl sites for hydroxylation is 1. The highest BCUT2D eigenvalue weighted by Gasteiger charge is 2.36. The number of halogens is 1. The van der Waals surface area contributed by atoms with Crippen LogP contribution in [0.15, 0.2) is 47.5 Å². The number of carbonyl (C=O) groups is 1. The van der Waals surface area contributed by atoms with Crippen molar-refractivity contribution in [2.24, 2.45) is 12.0 Å². The fourth-order valence-electron chi connectivity index (χ4n) is 4.14. The lowest BCUT2D eigenvalue weighted by Crippen LogP contribution is -2.39. The Kier molecular flexibility index (Phi) is 5.66. The summed E-state index contributed by atoms with van der Waals surface area (Å²) in [5, 5.41) is 22.7. The van der Waals surface area contributed by atoms with Crippen LogP contribution < -0.4 is 9.88 Å². The number of hydrogen-bond donors (Lipinski definition) is 2. The molecule has 1 amide bonds. The van der Waals surface area contributed by atoms with Crippen LogP contribution in [-0.4, -0.2) is 48.6 Å². The zero-order chi connectivity index (χ0) is 23.8. The predicted molar refractivity (Wildman–Crippen MR) is 126 cm³/mol. The van der Waals surface area contributed by atoms with E-state index in [1.165, 1.54) is 0 Å². The highest BCUT2D eigenvalue weighted by Crippen LogP contribution is 2.30. The van der Waals surface area contributed by atoms with Crippen molar-refractivity contribution in [2.75, 3.05) is 6.54 Å². The number of nitrogens with zero attached hydrogens (tertiary/aromatic N) is 7. The van der Waals surface area contributed by atoms with Gasteiger partial charge < -0.3 is 5.32 Å². The number of aliphatic imine (C=N–C) groups is 1. The molecule has 11 heteroatoms. The number of benzene rings is 2. The number of carbonyl (C=O) groups excluding carboxylic acids is 1. The van der Waals surface area contributed by atoms with Gasteiger partial charge in [0.25, 0.3) is 0 Å². The summed E-state index contributed by atoms with van der Waals surface area (Å²) in [5.41, 5.74) is 4.17. The Morgan fingerprint density at radius 2 is 1.97 bits per heavy atom. The molecule has 2 aromatic heterocycles. The number of tetrazole rings is 1. The minimum Gasteiger partial charge on any atom is -0.356 e. The Hall–Kier alpha value is -3.92. The van der Waals surface area contributed by atoms with E-state index in [9.17, 15) is 4.79 Å². The molecule has 0 aliphatic carbocycles. The first-order valence-corrected chi connectivity index (χ1v) is 11.3. The maximum Gasteiger partial charge on any atom is 0.307 e. The van der Waals surface area contributed by atoms with Crippen LogP contribution in [0.4, 0.5) is 0 Å². The third kappa shape index (κ3) is 3.86. The maximum absolute atomic E-state index is 12.6. The van der Waals surface area contributed by atoms with Gasteiger partial charge >= 0.3 is 5.82 Å². The molecule has 5 rings (SSSR count). The summed E-state index contributed by atoms with van der Waals surface area (Å²) in [7, 11) is 1.89. The molecule has 0 bridgehead atoms. The Morgan fingerprint density at radius 1 is 1.21 bits per heavy atom. The van der Waals surface area contributed by atoms with E-state index in [-0.39, 0.29) is 12.3 Å². The number of fused-ring (bicyclic) bond motifs is 3. The predicted octanol–water partition coefficient (Wildman–Crippen LogP) is 2.26. The smallest absolute Gasteiger partial charge is 0.307 e. The SMILES string of the molecule is CCNC(=O)CC1N=C(c2ccc(Cl)cc2)c2cc(-c3nn[nH]n3)ccc2-[n+]2c1nn(C)c2C. The van der Waals surface area contributed by atoms with E-state index in [2.05, 4.69) is 30.5 Å². The first-order valence-electron chi connectivity index (χ1n) is 10.9. The van der Waals surface area contributed by atoms with Crippen molar-refractivity contribution >= 4 is 23.2 Å². The average molecular weight is 477 g/mol. The molecule has 0 spiro atoms. The van der Waals surface area contributed by atoms with E-state index < -0.39 is 6.04 Å². The van der Waals surface area contributed by atoms with Crippen LogP contribution in [0.25, 0.3) is 17.1 Å². The second-order valence-electron chi connectivity index (χ2n) is 7.99. The molecular formula is C23H23ClN9O+. The van der Waals surface area contributed by atoms with Crippen molar-refractivity contribution < 1.29 is 9.36 Å². The zero-order valence-electron chi connectivity index (χ0n) is 18.9. The van der Waals surface area contributed by atoms with Gasteiger partial charge in [0.1, 0.15) is 5.69 Å². The summed E-state index contributed by atoms with van der Waals surface area (Å²) >= 11 is 6.17. The molecule has 10 nitrogen and oxygen atoms in total. The average Bonchev–Trinajstić information content (AvgIpc) is 3.43. The van der Waals surface area contributed by atoms with Crippen molar-refractivity contribution in [1.29, 1.82) is 0 Å². The molecule has 1 aliphatic heterocycles. The van der Waals surface area contributed by atoms with Crippen molar-refractivity contribution in [1.82, 2.24) is 35.7 Å². The molecule has 0 saturated carbocycles. The first kappa shape index (κ1) is 21.9. The Morgan fingerprint density at radius 3 is 2.68 bits per heavy atom. The van der Waals surface area contributed by atoms with Crippen LogP contribution in [-0.2, 0) is 11.8 Å². The fourth-order valence-corrected chi connectivity index (χ4v) is 4.27. The molecule has 34 heavy (non-hydrogen) atoms. The standard InChI is InChI=1S/C23H22ClN9O/c1-4-25-20(34)12-18-23-29-32(3)13(2)33(23)19-10-7-15(22-27-30-31-28-22)11-17(19)21(26-18)14-5-8-16(24)9-6-14/h5-11,18H,4,12H2,1-3H3,(H-,25,27,28,30,31,34)/p+1. The molecule has 3 heterocycles. The minimum atomic E-state index is -0.488. The van der Waals surface area contributed by atoms with Crippen LogP contribution >= 0.6 is 11.6 Å². The van der Waals surface area contributed by atoms with E-state index in [0.717, 1.165) is 33.9 Å². The molecule has 172 valence electrons. The molecule has 2 aromatic carbocycles. The van der Waals surface area contributed by atoms with Gasteiger partial charge in [-0.3, -0.25) is 9.79 Å². The number of hydrogen-bond acceptors (Lipinski definition) is 6. The summed E-state index contributed by atoms with van der Waals surface area (Å²) in [6.45, 7) is 4.44. The lowest BCUT2D eigenvalue weighted by molar-refractivity contribution is -0.613. The zero-order valence-corrected chi connectivity index (χ0v) is 19.7. The van der Waals surface area contributed by atoms with Crippen LogP contribution in [0.5, 0.6) is 0 Å². The minimum absolute atomic E-state index is 0.0833. The van der Waals surface area contributed by atoms with Crippen molar-refractivity contribution in [3.8, 4) is 17.1 Å².